The van der Waals surface area contributed by atoms with Gasteiger partial charge in [0.15, 0.2) is 0 Å². The van der Waals surface area contributed by atoms with Crippen molar-refractivity contribution in [2.75, 3.05) is 24.5 Å². The summed E-state index contributed by atoms with van der Waals surface area (Å²) in [5.41, 5.74) is 10.7. The van der Waals surface area contributed by atoms with E-state index in [-0.39, 0.29) is 6.04 Å². The summed E-state index contributed by atoms with van der Waals surface area (Å²) in [4.78, 5) is 13.6. The first-order valence-corrected chi connectivity index (χ1v) is 9.67. The summed E-state index contributed by atoms with van der Waals surface area (Å²) < 4.78 is 1.94. The van der Waals surface area contributed by atoms with Crippen LogP contribution in [-0.4, -0.2) is 44.3 Å². The molecule has 7 heteroatoms. The monoisotopic (exact) mass is 377 g/mol. The Bertz CT molecular complexity index is 904. The molecule has 0 spiro atoms. The molecular formula is C21H27N7. The van der Waals surface area contributed by atoms with Gasteiger partial charge in [-0.25, -0.2) is 4.98 Å². The summed E-state index contributed by atoms with van der Waals surface area (Å²) in [6.07, 6.45) is 7.30. The van der Waals surface area contributed by atoms with Gasteiger partial charge in [-0.1, -0.05) is 24.3 Å². The topological polar surface area (TPSA) is 76.1 Å². The lowest BCUT2D eigenvalue weighted by atomic mass is 10.00. The molecule has 0 radical (unpaired) electrons. The zero-order chi connectivity index (χ0) is 19.5. The van der Waals surface area contributed by atoms with Crippen molar-refractivity contribution in [2.24, 2.45) is 12.8 Å². The number of rotatable bonds is 5. The van der Waals surface area contributed by atoms with Crippen molar-refractivity contribution in [2.45, 2.75) is 26.1 Å². The number of nitrogens with zero attached hydrogens (tertiary/aromatic N) is 6. The molecule has 0 bridgehead atoms. The molecule has 0 saturated carbocycles. The minimum absolute atomic E-state index is 0.266. The van der Waals surface area contributed by atoms with E-state index in [1.807, 2.05) is 24.1 Å². The van der Waals surface area contributed by atoms with Crippen molar-refractivity contribution in [3.8, 4) is 0 Å². The molecule has 1 aliphatic rings. The molecule has 2 aromatic heterocycles. The van der Waals surface area contributed by atoms with E-state index in [1.165, 1.54) is 16.8 Å². The molecule has 1 aliphatic heterocycles. The van der Waals surface area contributed by atoms with Gasteiger partial charge in [0.1, 0.15) is 5.82 Å². The molecule has 2 N–H and O–H groups in total. The number of piperazine rings is 1. The minimum atomic E-state index is 0.266. The third kappa shape index (κ3) is 3.76. The molecule has 146 valence electrons. The SMILES string of the molecule is Cc1c(CN2CCN(c3cnccn3)CC2c2ccc(CN)cc2)cnn1C. The van der Waals surface area contributed by atoms with Gasteiger partial charge in [-0.3, -0.25) is 14.6 Å². The quantitative estimate of drug-likeness (QED) is 0.733. The molecule has 7 nitrogen and oxygen atoms in total. The van der Waals surface area contributed by atoms with Crippen LogP contribution in [0.1, 0.15) is 28.4 Å². The van der Waals surface area contributed by atoms with Crippen molar-refractivity contribution in [3.05, 3.63) is 71.4 Å². The lowest BCUT2D eigenvalue weighted by Crippen LogP contribution is -2.48. The van der Waals surface area contributed by atoms with E-state index in [2.05, 4.69) is 56.1 Å². The van der Waals surface area contributed by atoms with Crippen molar-refractivity contribution in [1.82, 2.24) is 24.6 Å². The van der Waals surface area contributed by atoms with E-state index in [0.717, 1.165) is 37.6 Å². The van der Waals surface area contributed by atoms with Crippen LogP contribution in [0.25, 0.3) is 0 Å². The Kier molecular flexibility index (Phi) is 5.36. The van der Waals surface area contributed by atoms with Gasteiger partial charge in [0.25, 0.3) is 0 Å². The number of aromatic nitrogens is 4. The molecule has 1 saturated heterocycles. The molecule has 0 amide bonds. The second-order valence-corrected chi connectivity index (χ2v) is 7.32. The van der Waals surface area contributed by atoms with Gasteiger partial charge in [-0.05, 0) is 18.1 Å². The summed E-state index contributed by atoms with van der Waals surface area (Å²) in [5.74, 6) is 0.934. The van der Waals surface area contributed by atoms with E-state index >= 15 is 0 Å². The predicted octanol–water partition coefficient (Wildman–Crippen LogP) is 2.04. The fourth-order valence-corrected chi connectivity index (χ4v) is 3.78. The first-order chi connectivity index (χ1) is 13.7. The maximum Gasteiger partial charge on any atom is 0.147 e. The summed E-state index contributed by atoms with van der Waals surface area (Å²) in [6.45, 7) is 6.33. The Morgan fingerprint density at radius 3 is 2.57 bits per heavy atom. The van der Waals surface area contributed by atoms with Crippen LogP contribution < -0.4 is 10.6 Å². The van der Waals surface area contributed by atoms with E-state index in [9.17, 15) is 0 Å². The Morgan fingerprint density at radius 1 is 1.11 bits per heavy atom. The van der Waals surface area contributed by atoms with Crippen LogP contribution in [0.4, 0.5) is 5.82 Å². The summed E-state index contributed by atoms with van der Waals surface area (Å²) in [7, 11) is 1.99. The number of aryl methyl sites for hydroxylation is 1. The van der Waals surface area contributed by atoms with Crippen LogP contribution in [0.3, 0.4) is 0 Å². The lowest BCUT2D eigenvalue weighted by molar-refractivity contribution is 0.168. The maximum atomic E-state index is 5.78. The highest BCUT2D eigenvalue weighted by Crippen LogP contribution is 2.29. The van der Waals surface area contributed by atoms with Crippen molar-refractivity contribution in [1.29, 1.82) is 0 Å². The van der Waals surface area contributed by atoms with Gasteiger partial charge in [0, 0.05) is 63.4 Å². The van der Waals surface area contributed by atoms with Gasteiger partial charge in [-0.2, -0.15) is 5.10 Å². The highest BCUT2D eigenvalue weighted by Gasteiger charge is 2.29. The van der Waals surface area contributed by atoms with Crippen molar-refractivity contribution in [3.63, 3.8) is 0 Å². The van der Waals surface area contributed by atoms with Crippen LogP contribution in [0.2, 0.25) is 0 Å². The predicted molar refractivity (Wildman–Crippen MR) is 110 cm³/mol. The molecule has 1 aromatic carbocycles. The fourth-order valence-electron chi connectivity index (χ4n) is 3.78. The average molecular weight is 377 g/mol. The largest absolute Gasteiger partial charge is 0.352 e. The van der Waals surface area contributed by atoms with Gasteiger partial charge in [0.2, 0.25) is 0 Å². The number of benzene rings is 1. The summed E-state index contributed by atoms with van der Waals surface area (Å²) in [5, 5.41) is 4.41. The second kappa shape index (κ2) is 8.08. The maximum absolute atomic E-state index is 5.78. The lowest BCUT2D eigenvalue weighted by Gasteiger charge is -2.42. The minimum Gasteiger partial charge on any atom is -0.352 e. The van der Waals surface area contributed by atoms with Crippen molar-refractivity contribution < 1.29 is 0 Å². The number of nitrogens with two attached hydrogens (primary N) is 1. The normalized spacial score (nSPS) is 17.8. The molecular weight excluding hydrogens is 350 g/mol. The molecule has 1 atom stereocenters. The van der Waals surface area contributed by atoms with Crippen LogP contribution in [-0.2, 0) is 20.1 Å². The van der Waals surface area contributed by atoms with E-state index in [4.69, 9.17) is 5.73 Å². The van der Waals surface area contributed by atoms with E-state index < -0.39 is 0 Å². The van der Waals surface area contributed by atoms with Crippen LogP contribution in [0.15, 0.2) is 49.1 Å². The Morgan fingerprint density at radius 2 is 1.93 bits per heavy atom. The third-order valence-electron chi connectivity index (χ3n) is 5.68. The first-order valence-electron chi connectivity index (χ1n) is 9.67. The van der Waals surface area contributed by atoms with Gasteiger partial charge < -0.3 is 10.6 Å². The molecule has 28 heavy (non-hydrogen) atoms. The second-order valence-electron chi connectivity index (χ2n) is 7.32. The summed E-state index contributed by atoms with van der Waals surface area (Å²) in [6, 6.07) is 8.93. The zero-order valence-electron chi connectivity index (χ0n) is 16.5. The Labute approximate surface area is 165 Å². The molecule has 3 aromatic rings. The van der Waals surface area contributed by atoms with E-state index in [0.29, 0.717) is 6.54 Å². The van der Waals surface area contributed by atoms with Gasteiger partial charge in [0.05, 0.1) is 18.4 Å². The highest BCUT2D eigenvalue weighted by atomic mass is 15.3. The van der Waals surface area contributed by atoms with Crippen LogP contribution in [0, 0.1) is 6.92 Å². The van der Waals surface area contributed by atoms with E-state index in [1.54, 1.807) is 12.4 Å². The number of hydrogen-bond donors (Lipinski definition) is 1. The molecule has 3 heterocycles. The standard InChI is InChI=1S/C21H27N7/c1-16-19(12-25-26(16)2)14-27-9-10-28(21-13-23-7-8-24-21)15-20(27)18-5-3-17(11-22)4-6-18/h3-8,12-13,20H,9-11,14-15,22H2,1-2H3. The smallest absolute Gasteiger partial charge is 0.147 e. The fraction of sp³-hybridized carbons (Fsp3) is 0.381. The average Bonchev–Trinajstić information content (AvgIpc) is 3.07. The first kappa shape index (κ1) is 18.6. The van der Waals surface area contributed by atoms with Gasteiger partial charge in [-0.15, -0.1) is 0 Å². The number of anilines is 1. The van der Waals surface area contributed by atoms with Gasteiger partial charge >= 0.3 is 0 Å². The molecule has 1 fully saturated rings. The molecule has 4 rings (SSSR count). The van der Waals surface area contributed by atoms with Crippen molar-refractivity contribution >= 4 is 5.82 Å². The molecule has 1 unspecified atom stereocenters. The number of hydrogen-bond acceptors (Lipinski definition) is 6. The Balaban J connectivity index is 1.61. The Hall–Kier alpha value is -2.77. The highest BCUT2D eigenvalue weighted by molar-refractivity contribution is 5.38. The summed E-state index contributed by atoms with van der Waals surface area (Å²) >= 11 is 0. The zero-order valence-corrected chi connectivity index (χ0v) is 16.5. The molecule has 0 aliphatic carbocycles. The van der Waals surface area contributed by atoms with Crippen LogP contribution in [0.5, 0.6) is 0 Å². The van der Waals surface area contributed by atoms with Crippen LogP contribution >= 0.6 is 0 Å². The third-order valence-corrected chi connectivity index (χ3v) is 5.68.